The van der Waals surface area contributed by atoms with Gasteiger partial charge < -0.3 is 20.2 Å². The smallest absolute Gasteiger partial charge is 0.232 e. The summed E-state index contributed by atoms with van der Waals surface area (Å²) in [6, 6.07) is 17.9. The van der Waals surface area contributed by atoms with Crippen molar-refractivity contribution in [3.8, 4) is 0 Å². The number of anilines is 1. The fourth-order valence-electron chi connectivity index (χ4n) is 5.67. The number of para-hydroxylation sites is 1. The molecular weight excluding hydrogens is 562 g/mol. The normalized spacial score (nSPS) is 18.7. The Bertz CT molecular complexity index is 1210. The van der Waals surface area contributed by atoms with E-state index in [9.17, 15) is 18.0 Å². The molecule has 2 aliphatic rings. The lowest BCUT2D eigenvalue weighted by atomic mass is 9.74. The van der Waals surface area contributed by atoms with Crippen LogP contribution in [-0.4, -0.2) is 65.1 Å². The average Bonchev–Trinajstić information content (AvgIpc) is 3.31. The topological polar surface area (TPSA) is 110 Å². The SMILES string of the molecule is CCCC1(CCC(C)C)CN(S(C)(=O)=O)c2ccccc21.CN1CCC(C(N)=O)CC1.O=CCCOCc1ccccc1. The molecule has 0 aromatic heterocycles. The van der Waals surface area contributed by atoms with Gasteiger partial charge in [-0.25, -0.2) is 8.42 Å². The van der Waals surface area contributed by atoms with Gasteiger partial charge in [0.25, 0.3) is 0 Å². The molecule has 9 heteroatoms. The molecule has 240 valence electrons. The van der Waals surface area contributed by atoms with Crippen LogP contribution in [0.4, 0.5) is 5.69 Å². The van der Waals surface area contributed by atoms with E-state index in [1.54, 1.807) is 4.31 Å². The number of hydrogen-bond acceptors (Lipinski definition) is 6. The summed E-state index contributed by atoms with van der Waals surface area (Å²) in [6.07, 6.45) is 8.84. The molecule has 0 radical (unpaired) electrons. The molecule has 2 aromatic carbocycles. The first-order valence-electron chi connectivity index (χ1n) is 15.5. The number of amides is 1. The second kappa shape index (κ2) is 18.1. The number of benzene rings is 2. The number of piperidine rings is 1. The Labute approximate surface area is 260 Å². The Morgan fingerprint density at radius 1 is 1.07 bits per heavy atom. The summed E-state index contributed by atoms with van der Waals surface area (Å²) < 4.78 is 31.1. The quantitative estimate of drug-likeness (QED) is 0.248. The zero-order valence-electron chi connectivity index (χ0n) is 26.8. The molecule has 1 saturated heterocycles. The first kappa shape index (κ1) is 36.4. The molecule has 2 aromatic rings. The molecule has 2 N–H and O–H groups in total. The minimum Gasteiger partial charge on any atom is -0.376 e. The van der Waals surface area contributed by atoms with Crippen molar-refractivity contribution in [3.05, 3.63) is 65.7 Å². The number of primary amides is 1. The van der Waals surface area contributed by atoms with Crippen LogP contribution in [0, 0.1) is 11.8 Å². The standard InChI is InChI=1S/C17H27NO2S.C10H12O2.C7H14N2O/c1-5-11-17(12-10-14(2)3)13-18(21(4,19)20)16-9-7-6-8-15(16)17;11-7-4-8-12-9-10-5-2-1-3-6-10;1-9-4-2-6(3-5-9)7(8)10/h6-9,14H,5,10-13H2,1-4H3;1-3,5-7H,4,8-9H2;6H,2-5H2,1H3,(H2,8,10). The Hall–Kier alpha value is -2.75. The summed E-state index contributed by atoms with van der Waals surface area (Å²) in [4.78, 5) is 22.8. The van der Waals surface area contributed by atoms with Gasteiger partial charge in [-0.15, -0.1) is 0 Å². The molecule has 0 spiro atoms. The maximum absolute atomic E-state index is 12.2. The Morgan fingerprint density at radius 2 is 1.70 bits per heavy atom. The minimum absolute atomic E-state index is 0.0152. The zero-order valence-corrected chi connectivity index (χ0v) is 27.7. The van der Waals surface area contributed by atoms with Crippen LogP contribution < -0.4 is 10.0 Å². The van der Waals surface area contributed by atoms with E-state index in [2.05, 4.69) is 38.8 Å². The van der Waals surface area contributed by atoms with E-state index >= 15 is 0 Å². The second-order valence-electron chi connectivity index (χ2n) is 12.2. The largest absolute Gasteiger partial charge is 0.376 e. The summed E-state index contributed by atoms with van der Waals surface area (Å²) in [5.74, 6) is 0.641. The molecule has 8 nitrogen and oxygen atoms in total. The summed E-state index contributed by atoms with van der Waals surface area (Å²) in [5.41, 5.74) is 8.39. The van der Waals surface area contributed by atoms with Gasteiger partial charge in [0, 0.05) is 24.3 Å². The number of nitrogens with two attached hydrogens (primary N) is 1. The third kappa shape index (κ3) is 12.0. The van der Waals surface area contributed by atoms with Crippen molar-refractivity contribution in [1.82, 2.24) is 4.90 Å². The molecule has 2 aliphatic heterocycles. The number of sulfonamides is 1. The minimum atomic E-state index is -3.21. The molecule has 1 amide bonds. The number of likely N-dealkylation sites (tertiary alicyclic amines) is 1. The highest BCUT2D eigenvalue weighted by molar-refractivity contribution is 7.92. The van der Waals surface area contributed by atoms with Gasteiger partial charge in [-0.05, 0) is 68.9 Å². The van der Waals surface area contributed by atoms with Gasteiger partial charge >= 0.3 is 0 Å². The summed E-state index contributed by atoms with van der Waals surface area (Å²) in [5, 5.41) is 0. The molecule has 0 saturated carbocycles. The number of hydrogen-bond donors (Lipinski definition) is 1. The van der Waals surface area contributed by atoms with E-state index < -0.39 is 10.0 Å². The Kier molecular flexibility index (Phi) is 15.4. The first-order chi connectivity index (χ1) is 20.4. The molecule has 1 fully saturated rings. The second-order valence-corrected chi connectivity index (χ2v) is 14.1. The number of carbonyl (C=O) groups is 2. The summed E-state index contributed by atoms with van der Waals surface area (Å²) >= 11 is 0. The van der Waals surface area contributed by atoms with Gasteiger partial charge in [0.15, 0.2) is 0 Å². The number of aldehydes is 1. The van der Waals surface area contributed by atoms with E-state index in [0.717, 1.165) is 69.2 Å². The number of ether oxygens (including phenoxy) is 1. The lowest BCUT2D eigenvalue weighted by Crippen LogP contribution is -2.36. The van der Waals surface area contributed by atoms with Gasteiger partial charge in [0.1, 0.15) is 6.29 Å². The maximum atomic E-state index is 12.2. The van der Waals surface area contributed by atoms with Crippen LogP contribution in [0.1, 0.15) is 76.8 Å². The van der Waals surface area contributed by atoms with E-state index in [4.69, 9.17) is 10.5 Å². The van der Waals surface area contributed by atoms with Crippen molar-refractivity contribution in [2.75, 3.05) is 43.8 Å². The average molecular weight is 616 g/mol. The van der Waals surface area contributed by atoms with Crippen molar-refractivity contribution in [3.63, 3.8) is 0 Å². The molecule has 2 heterocycles. The predicted octanol–water partition coefficient (Wildman–Crippen LogP) is 5.55. The van der Waals surface area contributed by atoms with E-state index in [-0.39, 0.29) is 17.2 Å². The Balaban J connectivity index is 0.000000248. The van der Waals surface area contributed by atoms with E-state index in [0.29, 0.717) is 32.1 Å². The van der Waals surface area contributed by atoms with E-state index in [1.807, 2.05) is 48.5 Å². The van der Waals surface area contributed by atoms with Crippen molar-refractivity contribution in [1.29, 1.82) is 0 Å². The van der Waals surface area contributed by atoms with Crippen LogP contribution in [0.15, 0.2) is 54.6 Å². The molecule has 4 rings (SSSR count). The van der Waals surface area contributed by atoms with Gasteiger partial charge in [-0.1, -0.05) is 82.1 Å². The van der Waals surface area contributed by atoms with Gasteiger partial charge in [-0.3, -0.25) is 9.10 Å². The van der Waals surface area contributed by atoms with Crippen LogP contribution >= 0.6 is 0 Å². The lowest BCUT2D eigenvalue weighted by molar-refractivity contribution is -0.123. The number of rotatable bonds is 12. The third-order valence-corrected chi connectivity index (χ3v) is 9.26. The van der Waals surface area contributed by atoms with Crippen molar-refractivity contribution >= 4 is 27.9 Å². The third-order valence-electron chi connectivity index (χ3n) is 8.13. The van der Waals surface area contributed by atoms with E-state index in [1.165, 1.54) is 11.8 Å². The van der Waals surface area contributed by atoms with Crippen LogP contribution in [0.5, 0.6) is 0 Å². The molecule has 1 unspecified atom stereocenters. The van der Waals surface area contributed by atoms with Gasteiger partial charge in [0.05, 0.1) is 25.2 Å². The van der Waals surface area contributed by atoms with Crippen LogP contribution in [0.2, 0.25) is 0 Å². The van der Waals surface area contributed by atoms with Crippen LogP contribution in [0.3, 0.4) is 0 Å². The van der Waals surface area contributed by atoms with Crippen molar-refractivity contribution < 1.29 is 22.7 Å². The van der Waals surface area contributed by atoms with Crippen LogP contribution in [-0.2, 0) is 36.4 Å². The molecule has 43 heavy (non-hydrogen) atoms. The van der Waals surface area contributed by atoms with Gasteiger partial charge in [0.2, 0.25) is 15.9 Å². The zero-order chi connectivity index (χ0) is 31.9. The highest BCUT2D eigenvalue weighted by atomic mass is 32.2. The lowest BCUT2D eigenvalue weighted by Gasteiger charge is -2.31. The van der Waals surface area contributed by atoms with Crippen LogP contribution in [0.25, 0.3) is 0 Å². The van der Waals surface area contributed by atoms with Crippen molar-refractivity contribution in [2.45, 2.75) is 77.7 Å². The Morgan fingerprint density at radius 3 is 2.26 bits per heavy atom. The highest BCUT2D eigenvalue weighted by Crippen LogP contribution is 2.47. The number of nitrogens with zero attached hydrogens (tertiary/aromatic N) is 2. The fourth-order valence-corrected chi connectivity index (χ4v) is 6.66. The molecule has 1 atom stereocenters. The molecule has 0 bridgehead atoms. The summed E-state index contributed by atoms with van der Waals surface area (Å²) in [7, 11) is -1.14. The van der Waals surface area contributed by atoms with Gasteiger partial charge in [-0.2, -0.15) is 0 Å². The maximum Gasteiger partial charge on any atom is 0.232 e. The monoisotopic (exact) mass is 615 g/mol. The highest BCUT2D eigenvalue weighted by Gasteiger charge is 2.44. The van der Waals surface area contributed by atoms with Crippen molar-refractivity contribution in [2.24, 2.45) is 17.6 Å². The fraction of sp³-hybridized carbons (Fsp3) is 0.588. The first-order valence-corrected chi connectivity index (χ1v) is 17.4. The number of fused-ring (bicyclic) bond motifs is 1. The molecular formula is C34H53N3O5S. The predicted molar refractivity (Wildman–Crippen MR) is 175 cm³/mol. The summed E-state index contributed by atoms with van der Waals surface area (Å²) in [6.45, 7) is 10.4. The number of carbonyl (C=O) groups excluding carboxylic acids is 2. The molecule has 0 aliphatic carbocycles.